The van der Waals surface area contributed by atoms with Crippen molar-refractivity contribution in [1.82, 2.24) is 0 Å². The summed E-state index contributed by atoms with van der Waals surface area (Å²) in [6.45, 7) is 0. The molecule has 0 saturated heterocycles. The maximum Gasteiger partial charge on any atom is 0.442 e. The van der Waals surface area contributed by atoms with Gasteiger partial charge in [0.2, 0.25) is 0 Å². The van der Waals surface area contributed by atoms with E-state index in [-0.39, 0.29) is 12.0 Å². The predicted octanol–water partition coefficient (Wildman–Crippen LogP) is 2.11. The molecule has 7 heteroatoms. The number of alkyl halides is 3. The third-order valence-electron chi connectivity index (χ3n) is 2.74. The Hall–Kier alpha value is -1.47. The van der Waals surface area contributed by atoms with Gasteiger partial charge < -0.3 is 10.2 Å². The lowest BCUT2D eigenvalue weighted by Crippen LogP contribution is -2.30. The molecular formula is C11H11F3N2O2. The topological polar surface area (TPSA) is 65.2 Å². The van der Waals surface area contributed by atoms with Gasteiger partial charge in [0.15, 0.2) is 6.29 Å². The van der Waals surface area contributed by atoms with Crippen LogP contribution in [0.5, 0.6) is 0 Å². The maximum atomic E-state index is 12.7. The smallest absolute Gasteiger partial charge is 0.368 e. The Kier molecular flexibility index (Phi) is 3.12. The van der Waals surface area contributed by atoms with Gasteiger partial charge in [-0.05, 0) is 12.0 Å². The molecular weight excluding hydrogens is 249 g/mol. The molecule has 1 aromatic rings. The van der Waals surface area contributed by atoms with Crippen molar-refractivity contribution in [2.24, 2.45) is 10.2 Å². The van der Waals surface area contributed by atoms with Crippen molar-refractivity contribution in [1.29, 1.82) is 0 Å². The minimum absolute atomic E-state index is 0.0247. The first-order valence-corrected chi connectivity index (χ1v) is 5.31. The highest BCUT2D eigenvalue weighted by molar-refractivity contribution is 5.32. The molecule has 0 spiro atoms. The summed E-state index contributed by atoms with van der Waals surface area (Å²) in [6, 6.07) is 5.64. The fourth-order valence-electron chi connectivity index (χ4n) is 1.64. The molecule has 1 aromatic carbocycles. The average molecular weight is 260 g/mol. The lowest BCUT2D eigenvalue weighted by Gasteiger charge is -2.15. The summed E-state index contributed by atoms with van der Waals surface area (Å²) in [5.74, 6) is 0. The Bertz CT molecular complexity index is 448. The molecule has 0 aromatic heterocycles. The molecule has 0 fully saturated rings. The van der Waals surface area contributed by atoms with Crippen LogP contribution in [0.25, 0.3) is 0 Å². The zero-order valence-corrected chi connectivity index (χ0v) is 9.22. The number of halogens is 3. The summed E-state index contributed by atoms with van der Waals surface area (Å²) in [4.78, 5) is 0. The average Bonchev–Trinajstić information content (AvgIpc) is 3.07. The Balaban J connectivity index is 2.09. The second-order valence-corrected chi connectivity index (χ2v) is 4.09. The number of aryl methyl sites for hydroxylation is 1. The molecule has 0 radical (unpaired) electrons. The van der Waals surface area contributed by atoms with Gasteiger partial charge in [-0.1, -0.05) is 24.3 Å². The van der Waals surface area contributed by atoms with Crippen molar-refractivity contribution in [2.75, 3.05) is 0 Å². The SMILES string of the molecule is OC(O)CCc1ccc(C2(C(F)(F)F)N=N2)cc1. The first kappa shape index (κ1) is 13.0. The van der Waals surface area contributed by atoms with E-state index in [0.29, 0.717) is 6.42 Å². The molecule has 1 aliphatic heterocycles. The van der Waals surface area contributed by atoms with E-state index in [0.717, 1.165) is 5.56 Å². The van der Waals surface area contributed by atoms with Gasteiger partial charge in [0.25, 0.3) is 0 Å². The molecule has 0 unspecified atom stereocenters. The molecule has 1 heterocycles. The molecule has 0 atom stereocenters. The normalized spacial score (nSPS) is 17.2. The first-order chi connectivity index (χ1) is 8.35. The van der Waals surface area contributed by atoms with Crippen LogP contribution in [0.2, 0.25) is 0 Å². The molecule has 98 valence electrons. The van der Waals surface area contributed by atoms with E-state index in [1.807, 2.05) is 0 Å². The molecule has 18 heavy (non-hydrogen) atoms. The van der Waals surface area contributed by atoms with E-state index < -0.39 is 18.1 Å². The summed E-state index contributed by atoms with van der Waals surface area (Å²) >= 11 is 0. The van der Waals surface area contributed by atoms with Crippen LogP contribution in [0.15, 0.2) is 34.5 Å². The third-order valence-corrected chi connectivity index (χ3v) is 2.74. The standard InChI is InChI=1S/C11H11F3N2O2/c12-11(13,14)10(15-16-10)8-4-1-7(2-5-8)3-6-9(17)18/h1-2,4-5,9,17-18H,3,6H2. The molecule has 0 bridgehead atoms. The number of hydrogen-bond acceptors (Lipinski definition) is 4. The van der Waals surface area contributed by atoms with Crippen molar-refractivity contribution >= 4 is 0 Å². The highest BCUT2D eigenvalue weighted by Gasteiger charge is 2.65. The fourth-order valence-corrected chi connectivity index (χ4v) is 1.64. The van der Waals surface area contributed by atoms with Gasteiger partial charge in [-0.15, -0.1) is 10.2 Å². The van der Waals surface area contributed by atoms with Crippen molar-refractivity contribution in [3.8, 4) is 0 Å². The first-order valence-electron chi connectivity index (χ1n) is 5.31. The van der Waals surface area contributed by atoms with Crippen LogP contribution in [0, 0.1) is 0 Å². The van der Waals surface area contributed by atoms with Crippen molar-refractivity contribution in [2.45, 2.75) is 31.0 Å². The monoisotopic (exact) mass is 260 g/mol. The number of benzene rings is 1. The van der Waals surface area contributed by atoms with Crippen LogP contribution in [0.1, 0.15) is 17.5 Å². The van der Waals surface area contributed by atoms with Gasteiger partial charge in [0.1, 0.15) is 0 Å². The number of aliphatic hydroxyl groups excluding tert-OH is 1. The van der Waals surface area contributed by atoms with Crippen LogP contribution >= 0.6 is 0 Å². The van der Waals surface area contributed by atoms with Gasteiger partial charge in [-0.2, -0.15) is 13.2 Å². The van der Waals surface area contributed by atoms with Gasteiger partial charge in [-0.3, -0.25) is 0 Å². The Labute approximate surface area is 101 Å². The Morgan fingerprint density at radius 2 is 1.67 bits per heavy atom. The fraction of sp³-hybridized carbons (Fsp3) is 0.455. The Morgan fingerprint density at radius 1 is 1.11 bits per heavy atom. The van der Waals surface area contributed by atoms with E-state index in [1.54, 1.807) is 0 Å². The second kappa shape index (κ2) is 4.33. The molecule has 0 saturated carbocycles. The highest BCUT2D eigenvalue weighted by Crippen LogP contribution is 2.52. The van der Waals surface area contributed by atoms with Crippen molar-refractivity contribution in [3.05, 3.63) is 35.4 Å². The number of nitrogens with zero attached hydrogens (tertiary/aromatic N) is 2. The van der Waals surface area contributed by atoms with Gasteiger partial charge >= 0.3 is 11.8 Å². The summed E-state index contributed by atoms with van der Waals surface area (Å²) in [5, 5.41) is 23.6. The number of hydrogen-bond donors (Lipinski definition) is 2. The molecule has 2 rings (SSSR count). The van der Waals surface area contributed by atoms with Crippen LogP contribution in [-0.4, -0.2) is 22.7 Å². The van der Waals surface area contributed by atoms with E-state index in [1.165, 1.54) is 24.3 Å². The van der Waals surface area contributed by atoms with Crippen molar-refractivity contribution in [3.63, 3.8) is 0 Å². The molecule has 1 aliphatic rings. The summed E-state index contributed by atoms with van der Waals surface area (Å²) < 4.78 is 38.0. The highest BCUT2D eigenvalue weighted by atomic mass is 19.4. The molecule has 0 aliphatic carbocycles. The summed E-state index contributed by atoms with van der Waals surface area (Å²) in [5.41, 5.74) is -1.68. The zero-order chi connectivity index (χ0) is 13.4. The molecule has 4 nitrogen and oxygen atoms in total. The zero-order valence-electron chi connectivity index (χ0n) is 9.22. The minimum Gasteiger partial charge on any atom is -0.368 e. The van der Waals surface area contributed by atoms with Crippen LogP contribution < -0.4 is 0 Å². The van der Waals surface area contributed by atoms with E-state index >= 15 is 0 Å². The molecule has 0 amide bonds. The Morgan fingerprint density at radius 3 is 2.06 bits per heavy atom. The van der Waals surface area contributed by atoms with Crippen LogP contribution in [0.4, 0.5) is 13.2 Å². The van der Waals surface area contributed by atoms with E-state index in [9.17, 15) is 13.2 Å². The van der Waals surface area contributed by atoms with Crippen LogP contribution in [-0.2, 0) is 12.1 Å². The van der Waals surface area contributed by atoms with Gasteiger partial charge in [0.05, 0.1) is 0 Å². The predicted molar refractivity (Wildman–Crippen MR) is 55.6 cm³/mol. The number of aliphatic hydroxyl groups is 2. The van der Waals surface area contributed by atoms with Crippen LogP contribution in [0.3, 0.4) is 0 Å². The maximum absolute atomic E-state index is 12.7. The number of rotatable bonds is 4. The third kappa shape index (κ3) is 2.37. The van der Waals surface area contributed by atoms with Gasteiger partial charge in [-0.25, -0.2) is 0 Å². The minimum atomic E-state index is -4.52. The lowest BCUT2D eigenvalue weighted by molar-refractivity contribution is -0.166. The van der Waals surface area contributed by atoms with E-state index in [2.05, 4.69) is 10.2 Å². The summed E-state index contributed by atoms with van der Waals surface area (Å²) in [7, 11) is 0. The second-order valence-electron chi connectivity index (χ2n) is 4.09. The summed E-state index contributed by atoms with van der Waals surface area (Å²) in [6.07, 6.45) is -5.42. The molecule has 2 N–H and O–H groups in total. The quantitative estimate of drug-likeness (QED) is 0.814. The van der Waals surface area contributed by atoms with E-state index in [4.69, 9.17) is 10.2 Å². The van der Waals surface area contributed by atoms with Crippen molar-refractivity contribution < 1.29 is 23.4 Å². The van der Waals surface area contributed by atoms with Gasteiger partial charge in [0, 0.05) is 12.0 Å². The lowest BCUT2D eigenvalue weighted by atomic mass is 10.00. The largest absolute Gasteiger partial charge is 0.442 e.